The normalized spacial score (nSPS) is 17.0. The zero-order valence-corrected chi connectivity index (χ0v) is 19.0. The van der Waals surface area contributed by atoms with Crippen LogP contribution < -0.4 is 5.32 Å². The Morgan fingerprint density at radius 3 is 2.34 bits per heavy atom. The summed E-state index contributed by atoms with van der Waals surface area (Å²) in [4.78, 5) is 12.5. The van der Waals surface area contributed by atoms with E-state index in [2.05, 4.69) is 40.3 Å². The summed E-state index contributed by atoms with van der Waals surface area (Å²) in [5, 5.41) is 3.04. The van der Waals surface area contributed by atoms with Gasteiger partial charge < -0.3 is 5.32 Å². The van der Waals surface area contributed by atoms with E-state index in [-0.39, 0.29) is 23.5 Å². The van der Waals surface area contributed by atoms with Gasteiger partial charge in [-0.05, 0) is 42.0 Å². The van der Waals surface area contributed by atoms with E-state index in [1.54, 1.807) is 0 Å². The molecule has 0 aromatic heterocycles. The summed E-state index contributed by atoms with van der Waals surface area (Å²) in [7, 11) is -3.37. The van der Waals surface area contributed by atoms with Crippen LogP contribution in [0.1, 0.15) is 36.8 Å². The molecule has 3 rings (SSSR count). The molecule has 1 atom stereocenters. The van der Waals surface area contributed by atoms with Crippen LogP contribution in [0.4, 0.5) is 0 Å². The first-order valence-electron chi connectivity index (χ1n) is 9.90. The fourth-order valence-electron chi connectivity index (χ4n) is 3.58. The molecule has 1 amide bonds. The summed E-state index contributed by atoms with van der Waals surface area (Å²) in [5.41, 5.74) is 1.96. The number of halogens is 1. The van der Waals surface area contributed by atoms with Crippen molar-refractivity contribution in [2.45, 2.75) is 31.4 Å². The summed E-state index contributed by atoms with van der Waals surface area (Å²) >= 11 is 3.36. The van der Waals surface area contributed by atoms with Crippen molar-refractivity contribution in [3.05, 3.63) is 70.2 Å². The number of benzene rings is 2. The summed E-state index contributed by atoms with van der Waals surface area (Å²) < 4.78 is 27.8. The van der Waals surface area contributed by atoms with E-state index in [4.69, 9.17) is 0 Å². The van der Waals surface area contributed by atoms with E-state index in [9.17, 15) is 13.2 Å². The lowest BCUT2D eigenvalue weighted by atomic mass is 9.96. The standard InChI is InChI=1S/C22H27BrN2O3S/c1-17(19-5-3-2-4-6-19)15-24-22(26)20-11-13-25(14-12-20)29(27,28)16-18-7-9-21(23)10-8-18/h2-10,17,20H,11-16H2,1H3,(H,24,26). The van der Waals surface area contributed by atoms with Gasteiger partial charge in [0.1, 0.15) is 0 Å². The number of rotatable bonds is 7. The highest BCUT2D eigenvalue weighted by Gasteiger charge is 2.31. The Morgan fingerprint density at radius 1 is 1.10 bits per heavy atom. The lowest BCUT2D eigenvalue weighted by Gasteiger charge is -2.30. The third-order valence-electron chi connectivity index (χ3n) is 5.43. The Balaban J connectivity index is 1.47. The van der Waals surface area contributed by atoms with E-state index >= 15 is 0 Å². The SMILES string of the molecule is CC(CNC(=O)C1CCN(S(=O)(=O)Cc2ccc(Br)cc2)CC1)c1ccccc1. The minimum Gasteiger partial charge on any atom is -0.355 e. The van der Waals surface area contributed by atoms with Crippen molar-refractivity contribution < 1.29 is 13.2 Å². The number of nitrogens with one attached hydrogen (secondary N) is 1. The molecule has 2 aromatic rings. The summed E-state index contributed by atoms with van der Waals surface area (Å²) in [6.07, 6.45) is 1.12. The number of amides is 1. The second-order valence-electron chi connectivity index (χ2n) is 7.61. The molecular weight excluding hydrogens is 452 g/mol. The van der Waals surface area contributed by atoms with Crippen LogP contribution in [0, 0.1) is 5.92 Å². The van der Waals surface area contributed by atoms with Crippen molar-refractivity contribution in [1.29, 1.82) is 0 Å². The Labute approximate surface area is 181 Å². The van der Waals surface area contributed by atoms with Crippen LogP contribution in [0.3, 0.4) is 0 Å². The Hall–Kier alpha value is -1.70. The molecule has 5 nitrogen and oxygen atoms in total. The highest BCUT2D eigenvalue weighted by atomic mass is 79.9. The van der Waals surface area contributed by atoms with Crippen molar-refractivity contribution in [2.75, 3.05) is 19.6 Å². The van der Waals surface area contributed by atoms with Gasteiger partial charge in [-0.25, -0.2) is 12.7 Å². The van der Waals surface area contributed by atoms with E-state index in [0.717, 1.165) is 10.0 Å². The number of hydrogen-bond acceptors (Lipinski definition) is 3. The zero-order valence-electron chi connectivity index (χ0n) is 16.6. The van der Waals surface area contributed by atoms with Crippen molar-refractivity contribution in [3.8, 4) is 0 Å². The minimum absolute atomic E-state index is 0.00820. The molecule has 0 aliphatic carbocycles. The van der Waals surface area contributed by atoms with Gasteiger partial charge >= 0.3 is 0 Å². The van der Waals surface area contributed by atoms with Gasteiger partial charge in [0.2, 0.25) is 15.9 Å². The highest BCUT2D eigenvalue weighted by Crippen LogP contribution is 2.23. The van der Waals surface area contributed by atoms with Gasteiger partial charge in [-0.3, -0.25) is 4.79 Å². The van der Waals surface area contributed by atoms with Crippen LogP contribution >= 0.6 is 15.9 Å². The molecular formula is C22H27BrN2O3S. The molecule has 2 aromatic carbocycles. The molecule has 1 N–H and O–H groups in total. The Kier molecular flexibility index (Phi) is 7.49. The average molecular weight is 479 g/mol. The highest BCUT2D eigenvalue weighted by molar-refractivity contribution is 9.10. The molecule has 1 fully saturated rings. The molecule has 0 saturated carbocycles. The fourth-order valence-corrected chi connectivity index (χ4v) is 5.40. The second kappa shape index (κ2) is 9.87. The van der Waals surface area contributed by atoms with Crippen LogP contribution in [-0.4, -0.2) is 38.3 Å². The number of carbonyl (C=O) groups excluding carboxylic acids is 1. The maximum Gasteiger partial charge on any atom is 0.223 e. The van der Waals surface area contributed by atoms with Crippen LogP contribution in [0.2, 0.25) is 0 Å². The molecule has 1 saturated heterocycles. The summed E-state index contributed by atoms with van der Waals surface area (Å²) in [5.74, 6) is 0.132. The first-order valence-corrected chi connectivity index (χ1v) is 12.3. The third-order valence-corrected chi connectivity index (χ3v) is 7.81. The lowest BCUT2D eigenvalue weighted by molar-refractivity contribution is -0.126. The van der Waals surface area contributed by atoms with Crippen molar-refractivity contribution in [1.82, 2.24) is 9.62 Å². The Morgan fingerprint density at radius 2 is 1.72 bits per heavy atom. The van der Waals surface area contributed by atoms with Gasteiger partial charge in [0.25, 0.3) is 0 Å². The average Bonchev–Trinajstić information content (AvgIpc) is 2.74. The zero-order chi connectivity index (χ0) is 20.9. The smallest absolute Gasteiger partial charge is 0.223 e. The molecule has 1 aliphatic heterocycles. The monoisotopic (exact) mass is 478 g/mol. The molecule has 0 radical (unpaired) electrons. The predicted octanol–water partition coefficient (Wildman–Crippen LogP) is 3.91. The second-order valence-corrected chi connectivity index (χ2v) is 10.5. The predicted molar refractivity (Wildman–Crippen MR) is 119 cm³/mol. The topological polar surface area (TPSA) is 66.5 Å². The van der Waals surface area contributed by atoms with Crippen LogP contribution in [0.25, 0.3) is 0 Å². The maximum absolute atomic E-state index is 12.7. The van der Waals surface area contributed by atoms with Gasteiger partial charge in [-0.2, -0.15) is 0 Å². The van der Waals surface area contributed by atoms with Crippen LogP contribution in [-0.2, 0) is 20.6 Å². The molecule has 156 valence electrons. The van der Waals surface area contributed by atoms with Crippen LogP contribution in [0.5, 0.6) is 0 Å². The number of nitrogens with zero attached hydrogens (tertiary/aromatic N) is 1. The van der Waals surface area contributed by atoms with Crippen molar-refractivity contribution in [2.24, 2.45) is 5.92 Å². The van der Waals surface area contributed by atoms with Gasteiger partial charge in [0.05, 0.1) is 5.75 Å². The number of carbonyl (C=O) groups is 1. The van der Waals surface area contributed by atoms with Gasteiger partial charge in [-0.1, -0.05) is 65.3 Å². The summed E-state index contributed by atoms with van der Waals surface area (Å²) in [6.45, 7) is 3.47. The van der Waals surface area contributed by atoms with E-state index in [1.165, 1.54) is 9.87 Å². The van der Waals surface area contributed by atoms with Gasteiger partial charge in [0.15, 0.2) is 0 Å². The molecule has 29 heavy (non-hydrogen) atoms. The first kappa shape index (κ1) is 22.0. The molecule has 1 aliphatic rings. The van der Waals surface area contributed by atoms with E-state index < -0.39 is 10.0 Å². The lowest BCUT2D eigenvalue weighted by Crippen LogP contribution is -2.43. The largest absolute Gasteiger partial charge is 0.355 e. The van der Waals surface area contributed by atoms with Crippen molar-refractivity contribution in [3.63, 3.8) is 0 Å². The third kappa shape index (κ3) is 6.14. The fraction of sp³-hybridized carbons (Fsp3) is 0.409. The van der Waals surface area contributed by atoms with E-state index in [1.807, 2.05) is 42.5 Å². The van der Waals surface area contributed by atoms with Crippen LogP contribution in [0.15, 0.2) is 59.1 Å². The first-order chi connectivity index (χ1) is 13.8. The number of sulfonamides is 1. The maximum atomic E-state index is 12.7. The van der Waals surface area contributed by atoms with E-state index in [0.29, 0.717) is 32.5 Å². The van der Waals surface area contributed by atoms with Gasteiger partial charge in [-0.15, -0.1) is 0 Å². The molecule has 7 heteroatoms. The molecule has 1 heterocycles. The summed E-state index contributed by atoms with van der Waals surface area (Å²) in [6, 6.07) is 17.4. The van der Waals surface area contributed by atoms with Crippen molar-refractivity contribution >= 4 is 31.9 Å². The number of piperidine rings is 1. The minimum atomic E-state index is -3.37. The molecule has 0 spiro atoms. The number of hydrogen-bond donors (Lipinski definition) is 1. The Bertz CT molecular complexity index is 909. The molecule has 1 unspecified atom stereocenters. The van der Waals surface area contributed by atoms with Gasteiger partial charge in [0, 0.05) is 30.0 Å². The quantitative estimate of drug-likeness (QED) is 0.655. The molecule has 0 bridgehead atoms.